The number of Topliss-reactive ketones (excluding diaryl/α,β-unsaturated/α-hetero) is 1. The molecule has 0 spiro atoms. The second kappa shape index (κ2) is 8.10. The minimum absolute atomic E-state index is 0.0135. The molecule has 0 radical (unpaired) electrons. The van der Waals surface area contributed by atoms with Crippen molar-refractivity contribution >= 4 is 23.1 Å². The number of aryl methyl sites for hydroxylation is 1. The minimum atomic E-state index is -1.13. The summed E-state index contributed by atoms with van der Waals surface area (Å²) in [4.78, 5) is 37.7. The van der Waals surface area contributed by atoms with Gasteiger partial charge in [0.1, 0.15) is 17.3 Å². The van der Waals surface area contributed by atoms with Crippen molar-refractivity contribution < 1.29 is 28.4 Å². The van der Waals surface area contributed by atoms with E-state index in [-0.39, 0.29) is 28.9 Å². The fourth-order valence-corrected chi connectivity index (χ4v) is 3.66. The molecule has 2 aromatic carbocycles. The molecule has 0 bridgehead atoms. The zero-order chi connectivity index (χ0) is 23.0. The Morgan fingerprint density at radius 2 is 1.97 bits per heavy atom. The van der Waals surface area contributed by atoms with Crippen LogP contribution in [0.4, 0.5) is 10.1 Å². The fourth-order valence-electron chi connectivity index (χ4n) is 3.66. The van der Waals surface area contributed by atoms with Crippen molar-refractivity contribution in [3.05, 3.63) is 105 Å². The average Bonchev–Trinajstić information content (AvgIpc) is 3.37. The van der Waals surface area contributed by atoms with Gasteiger partial charge in [0, 0.05) is 17.7 Å². The van der Waals surface area contributed by atoms with Gasteiger partial charge in [-0.15, -0.1) is 0 Å². The maximum absolute atomic E-state index is 14.1. The van der Waals surface area contributed by atoms with Gasteiger partial charge in [-0.25, -0.2) is 4.39 Å². The summed E-state index contributed by atoms with van der Waals surface area (Å²) >= 11 is 0. The van der Waals surface area contributed by atoms with Gasteiger partial charge in [-0.2, -0.15) is 0 Å². The summed E-state index contributed by atoms with van der Waals surface area (Å²) in [5.74, 6) is -2.67. The molecule has 1 unspecified atom stereocenters. The first-order valence-electron chi connectivity index (χ1n) is 9.59. The molecule has 4 rings (SSSR count). The highest BCUT2D eigenvalue weighted by Gasteiger charge is 2.46. The molecule has 1 saturated heterocycles. The maximum atomic E-state index is 14.1. The van der Waals surface area contributed by atoms with Gasteiger partial charge in [0.05, 0.1) is 29.3 Å². The molecule has 9 heteroatoms. The average molecular weight is 436 g/mol. The number of nitro benzene ring substituents is 1. The molecule has 1 aliphatic heterocycles. The second-order valence-corrected chi connectivity index (χ2v) is 7.32. The summed E-state index contributed by atoms with van der Waals surface area (Å²) in [6.07, 6.45) is 1.41. The van der Waals surface area contributed by atoms with Gasteiger partial charge in [-0.1, -0.05) is 24.3 Å². The summed E-state index contributed by atoms with van der Waals surface area (Å²) < 4.78 is 19.4. The third-order valence-electron chi connectivity index (χ3n) is 5.29. The number of aliphatic hydroxyl groups is 1. The van der Waals surface area contributed by atoms with Gasteiger partial charge in [0.25, 0.3) is 17.4 Å². The quantitative estimate of drug-likeness (QED) is 0.210. The number of amides is 1. The van der Waals surface area contributed by atoms with Crippen molar-refractivity contribution in [1.29, 1.82) is 0 Å². The molecule has 0 saturated carbocycles. The summed E-state index contributed by atoms with van der Waals surface area (Å²) in [6, 6.07) is 11.5. The van der Waals surface area contributed by atoms with Gasteiger partial charge in [0.15, 0.2) is 0 Å². The highest BCUT2D eigenvalue weighted by molar-refractivity contribution is 6.46. The van der Waals surface area contributed by atoms with Crippen LogP contribution in [0.1, 0.15) is 28.5 Å². The lowest BCUT2D eigenvalue weighted by atomic mass is 9.94. The molecule has 2 heterocycles. The standard InChI is InChI=1S/C23H17FN2O6/c1-13-7-8-15(11-18(13)24)21(27)19-20(14-4-2-5-16(10-14)26(30)31)25(23(29)22(19)28)12-17-6-3-9-32-17/h2-11,20,27H,12H2,1H3. The van der Waals surface area contributed by atoms with Crippen LogP contribution in [0.25, 0.3) is 5.76 Å². The van der Waals surface area contributed by atoms with E-state index in [1.54, 1.807) is 19.1 Å². The first-order chi connectivity index (χ1) is 15.3. The summed E-state index contributed by atoms with van der Waals surface area (Å²) in [6.45, 7) is 1.44. The molecule has 1 fully saturated rings. The topological polar surface area (TPSA) is 114 Å². The van der Waals surface area contributed by atoms with E-state index in [0.717, 1.165) is 11.0 Å². The smallest absolute Gasteiger partial charge is 0.296 e. The Hall–Kier alpha value is -4.27. The van der Waals surface area contributed by atoms with Crippen LogP contribution in [-0.4, -0.2) is 26.6 Å². The molecule has 0 aliphatic carbocycles. The lowest BCUT2D eigenvalue weighted by Gasteiger charge is -2.24. The molecule has 1 N–H and O–H groups in total. The molecule has 32 heavy (non-hydrogen) atoms. The van der Waals surface area contributed by atoms with Crippen LogP contribution in [-0.2, 0) is 16.1 Å². The number of rotatable bonds is 5. The zero-order valence-electron chi connectivity index (χ0n) is 16.8. The van der Waals surface area contributed by atoms with Crippen molar-refractivity contribution in [2.24, 2.45) is 0 Å². The van der Waals surface area contributed by atoms with Crippen LogP contribution < -0.4 is 0 Å². The first kappa shape index (κ1) is 21.0. The largest absolute Gasteiger partial charge is 0.507 e. The summed E-state index contributed by atoms with van der Waals surface area (Å²) in [5, 5.41) is 22.2. The monoisotopic (exact) mass is 436 g/mol. The number of ketones is 1. The molecule has 8 nitrogen and oxygen atoms in total. The SMILES string of the molecule is Cc1ccc(C(O)=C2C(=O)C(=O)N(Cc3ccco3)C2c2cccc([N+](=O)[O-])c2)cc1F. The van der Waals surface area contributed by atoms with Crippen LogP contribution in [0.2, 0.25) is 0 Å². The highest BCUT2D eigenvalue weighted by Crippen LogP contribution is 2.41. The number of benzene rings is 2. The number of halogens is 1. The number of furan rings is 1. The number of nitrogens with zero attached hydrogens (tertiary/aromatic N) is 2. The fraction of sp³-hybridized carbons (Fsp3) is 0.130. The van der Waals surface area contributed by atoms with Crippen LogP contribution in [0.3, 0.4) is 0 Å². The Morgan fingerprint density at radius 1 is 1.19 bits per heavy atom. The van der Waals surface area contributed by atoms with E-state index in [9.17, 15) is 29.2 Å². The highest BCUT2D eigenvalue weighted by atomic mass is 19.1. The maximum Gasteiger partial charge on any atom is 0.296 e. The van der Waals surface area contributed by atoms with E-state index in [2.05, 4.69) is 0 Å². The Kier molecular flexibility index (Phi) is 5.31. The molecular formula is C23H17FN2O6. The van der Waals surface area contributed by atoms with Gasteiger partial charge >= 0.3 is 0 Å². The van der Waals surface area contributed by atoms with E-state index < -0.39 is 34.2 Å². The van der Waals surface area contributed by atoms with Crippen LogP contribution in [0, 0.1) is 22.9 Å². The Morgan fingerprint density at radius 3 is 2.62 bits per heavy atom. The van der Waals surface area contributed by atoms with E-state index in [0.29, 0.717) is 11.3 Å². The van der Waals surface area contributed by atoms with Crippen molar-refractivity contribution in [1.82, 2.24) is 4.90 Å². The lowest BCUT2D eigenvalue weighted by Crippen LogP contribution is -2.29. The van der Waals surface area contributed by atoms with Crippen LogP contribution in [0.15, 0.2) is 70.9 Å². The van der Waals surface area contributed by atoms with E-state index >= 15 is 0 Å². The minimum Gasteiger partial charge on any atom is -0.507 e. The van der Waals surface area contributed by atoms with Crippen molar-refractivity contribution in [2.75, 3.05) is 0 Å². The number of hydrogen-bond acceptors (Lipinski definition) is 6. The van der Waals surface area contributed by atoms with Crippen LogP contribution >= 0.6 is 0 Å². The number of carbonyl (C=O) groups is 2. The Labute approximate surface area is 181 Å². The number of nitro groups is 1. The number of carbonyl (C=O) groups excluding carboxylic acids is 2. The Balaban J connectivity index is 1.91. The normalized spacial score (nSPS) is 17.7. The number of non-ortho nitro benzene ring substituents is 1. The van der Waals surface area contributed by atoms with Crippen molar-refractivity contribution in [3.63, 3.8) is 0 Å². The summed E-state index contributed by atoms with van der Waals surface area (Å²) in [7, 11) is 0. The zero-order valence-corrected chi connectivity index (χ0v) is 16.8. The van der Waals surface area contributed by atoms with Gasteiger partial charge in [-0.05, 0) is 36.2 Å². The summed E-state index contributed by atoms with van der Waals surface area (Å²) in [5.41, 5.74) is 0.0754. The van der Waals surface area contributed by atoms with E-state index in [1.807, 2.05) is 0 Å². The predicted molar refractivity (Wildman–Crippen MR) is 111 cm³/mol. The second-order valence-electron chi connectivity index (χ2n) is 7.32. The first-order valence-corrected chi connectivity index (χ1v) is 9.59. The number of aliphatic hydroxyl groups excluding tert-OH is 1. The molecule has 1 aromatic heterocycles. The Bertz CT molecular complexity index is 1270. The van der Waals surface area contributed by atoms with Crippen LogP contribution in [0.5, 0.6) is 0 Å². The van der Waals surface area contributed by atoms with Crippen molar-refractivity contribution in [3.8, 4) is 0 Å². The predicted octanol–water partition coefficient (Wildman–Crippen LogP) is 4.26. The van der Waals surface area contributed by atoms with Crippen molar-refractivity contribution in [2.45, 2.75) is 19.5 Å². The van der Waals surface area contributed by atoms with E-state index in [1.165, 1.54) is 42.7 Å². The molecule has 1 atom stereocenters. The third kappa shape index (κ3) is 3.64. The third-order valence-corrected chi connectivity index (χ3v) is 5.29. The molecule has 1 amide bonds. The van der Waals surface area contributed by atoms with Gasteiger partial charge in [-0.3, -0.25) is 19.7 Å². The number of hydrogen-bond donors (Lipinski definition) is 1. The molecule has 3 aromatic rings. The molecule has 162 valence electrons. The molecular weight excluding hydrogens is 419 g/mol. The van der Waals surface area contributed by atoms with Gasteiger partial charge in [0.2, 0.25) is 0 Å². The lowest BCUT2D eigenvalue weighted by molar-refractivity contribution is -0.384. The molecule has 1 aliphatic rings. The van der Waals surface area contributed by atoms with Gasteiger partial charge < -0.3 is 14.4 Å². The number of likely N-dealkylation sites (tertiary alicyclic amines) is 1. The van der Waals surface area contributed by atoms with E-state index in [4.69, 9.17) is 4.42 Å².